The van der Waals surface area contributed by atoms with Crippen molar-refractivity contribution in [1.82, 2.24) is 15.0 Å². The Kier molecular flexibility index (Phi) is 6.71. The number of unbranched alkanes of at least 4 members (excludes halogenated alkanes) is 2. The minimum absolute atomic E-state index is 0.0643. The van der Waals surface area contributed by atoms with Gasteiger partial charge in [-0.15, -0.1) is 0 Å². The molecule has 0 aliphatic heterocycles. The molecule has 3 N–H and O–H groups in total. The van der Waals surface area contributed by atoms with Crippen LogP contribution in [0, 0.1) is 6.92 Å². The topological polar surface area (TPSA) is 102 Å². The molecule has 0 radical (unpaired) electrons. The first-order valence-corrected chi connectivity index (χ1v) is 11.9. The quantitative estimate of drug-likeness (QED) is 0.449. The number of fused-ring (bicyclic) bond motifs is 1. The second-order valence-electron chi connectivity index (χ2n) is 7.32. The number of halogens is 2. The number of nitrogens with zero attached hydrogens (tertiary/aromatic N) is 2. The van der Waals surface area contributed by atoms with Gasteiger partial charge >= 0.3 is 0 Å². The van der Waals surface area contributed by atoms with E-state index >= 15 is 0 Å². The lowest BCUT2D eigenvalue weighted by Crippen LogP contribution is -2.07. The van der Waals surface area contributed by atoms with Crippen LogP contribution < -0.4 is 5.73 Å². The molecule has 0 spiro atoms. The van der Waals surface area contributed by atoms with E-state index in [1.807, 2.05) is 6.92 Å². The van der Waals surface area contributed by atoms with Crippen LogP contribution >= 0.6 is 23.2 Å². The van der Waals surface area contributed by atoms with Gasteiger partial charge in [0, 0.05) is 17.1 Å². The molecular weight excluding hydrogens is 431 g/mol. The van der Waals surface area contributed by atoms with Crippen LogP contribution in [0.4, 0.5) is 5.82 Å². The summed E-state index contributed by atoms with van der Waals surface area (Å²) < 4.78 is 25.0. The van der Waals surface area contributed by atoms with E-state index in [0.29, 0.717) is 22.8 Å². The zero-order chi connectivity index (χ0) is 21.2. The van der Waals surface area contributed by atoms with Gasteiger partial charge in [0.1, 0.15) is 11.3 Å². The number of hydrogen-bond acceptors (Lipinski definition) is 5. The Hall–Kier alpha value is -1.83. The molecule has 0 bridgehead atoms. The summed E-state index contributed by atoms with van der Waals surface area (Å²) in [6.07, 6.45) is 4.91. The fourth-order valence-corrected chi connectivity index (χ4v) is 5.48. The average molecular weight is 455 g/mol. The van der Waals surface area contributed by atoms with E-state index in [9.17, 15) is 8.42 Å². The molecule has 0 aliphatic rings. The first-order valence-electron chi connectivity index (χ1n) is 9.47. The van der Waals surface area contributed by atoms with Crippen LogP contribution in [-0.2, 0) is 9.84 Å². The van der Waals surface area contributed by atoms with Crippen LogP contribution in [0.5, 0.6) is 0 Å². The molecule has 1 aromatic carbocycles. The Labute approximate surface area is 180 Å². The smallest absolute Gasteiger partial charge is 0.179 e. The number of aryl methyl sites for hydroxylation is 1. The van der Waals surface area contributed by atoms with Gasteiger partial charge in [0.15, 0.2) is 15.7 Å². The van der Waals surface area contributed by atoms with Gasteiger partial charge in [-0.1, -0.05) is 43.0 Å². The molecule has 2 aromatic heterocycles. The van der Waals surface area contributed by atoms with Crippen molar-refractivity contribution >= 4 is 49.9 Å². The first-order chi connectivity index (χ1) is 13.7. The number of nitrogens with one attached hydrogen (secondary N) is 1. The first kappa shape index (κ1) is 21.9. The lowest BCUT2D eigenvalue weighted by atomic mass is 10.0. The molecular formula is C20H24Cl2N4O2S. The summed E-state index contributed by atoms with van der Waals surface area (Å²) in [4.78, 5) is 12.2. The van der Waals surface area contributed by atoms with Crippen molar-refractivity contribution < 1.29 is 8.42 Å². The van der Waals surface area contributed by atoms with Crippen molar-refractivity contribution in [2.45, 2.75) is 50.3 Å². The molecule has 6 nitrogen and oxygen atoms in total. The van der Waals surface area contributed by atoms with E-state index in [1.54, 1.807) is 12.3 Å². The maximum absolute atomic E-state index is 12.5. The minimum Gasteiger partial charge on any atom is -0.382 e. The second kappa shape index (κ2) is 8.90. The number of nitrogen functional groups attached to an aromatic ring is 1. The zero-order valence-electron chi connectivity index (χ0n) is 16.4. The molecule has 0 fully saturated rings. The van der Waals surface area contributed by atoms with Gasteiger partial charge in [-0.3, -0.25) is 0 Å². The molecule has 9 heteroatoms. The third-order valence-electron chi connectivity index (χ3n) is 5.00. The molecule has 156 valence electrons. The fourth-order valence-electron chi connectivity index (χ4n) is 3.28. The molecule has 0 saturated carbocycles. The number of aromatic nitrogens is 3. The summed E-state index contributed by atoms with van der Waals surface area (Å²) in [6, 6.07) is 4.46. The summed E-state index contributed by atoms with van der Waals surface area (Å²) in [5, 5.41) is 0.585. The predicted molar refractivity (Wildman–Crippen MR) is 118 cm³/mol. The Morgan fingerprint density at radius 1 is 1.21 bits per heavy atom. The second-order valence-corrected chi connectivity index (χ2v) is 10.2. The number of anilines is 1. The van der Waals surface area contributed by atoms with E-state index in [-0.39, 0.29) is 21.6 Å². The van der Waals surface area contributed by atoms with Crippen molar-refractivity contribution in [2.75, 3.05) is 11.5 Å². The molecule has 1 unspecified atom stereocenters. The molecule has 2 heterocycles. The summed E-state index contributed by atoms with van der Waals surface area (Å²) in [5.74, 6) is 1.58. The third-order valence-corrected chi connectivity index (χ3v) is 7.51. The van der Waals surface area contributed by atoms with Gasteiger partial charge in [0.25, 0.3) is 0 Å². The number of hydrogen-bond donors (Lipinski definition) is 2. The van der Waals surface area contributed by atoms with Crippen molar-refractivity contribution in [2.24, 2.45) is 0 Å². The number of benzene rings is 1. The van der Waals surface area contributed by atoms with Crippen LogP contribution in [-0.4, -0.2) is 29.1 Å². The highest BCUT2D eigenvalue weighted by Crippen LogP contribution is 2.28. The SMILES string of the molecule is Cc1cnc(N)c2nc(C(C)CCCCCS(=O)(=O)c3ccc(Cl)cc3Cl)[nH]c12. The van der Waals surface area contributed by atoms with Crippen LogP contribution in [0.2, 0.25) is 10.0 Å². The maximum Gasteiger partial charge on any atom is 0.179 e. The molecule has 3 rings (SSSR count). The van der Waals surface area contributed by atoms with Crippen LogP contribution in [0.3, 0.4) is 0 Å². The predicted octanol–water partition coefficient (Wildman–Crippen LogP) is 5.29. The van der Waals surface area contributed by atoms with E-state index < -0.39 is 9.84 Å². The van der Waals surface area contributed by atoms with Gasteiger partial charge in [-0.05, 0) is 43.5 Å². The maximum atomic E-state index is 12.5. The average Bonchev–Trinajstić information content (AvgIpc) is 3.11. The Morgan fingerprint density at radius 2 is 1.97 bits per heavy atom. The Morgan fingerprint density at radius 3 is 2.66 bits per heavy atom. The number of sulfone groups is 1. The molecule has 3 aromatic rings. The number of rotatable bonds is 8. The van der Waals surface area contributed by atoms with E-state index in [2.05, 4.69) is 21.9 Å². The molecule has 0 amide bonds. The van der Waals surface area contributed by atoms with Gasteiger partial charge < -0.3 is 10.7 Å². The van der Waals surface area contributed by atoms with Gasteiger partial charge in [-0.2, -0.15) is 0 Å². The van der Waals surface area contributed by atoms with E-state index in [1.165, 1.54) is 12.1 Å². The van der Waals surface area contributed by atoms with Crippen molar-refractivity contribution in [3.8, 4) is 0 Å². The highest BCUT2D eigenvalue weighted by Gasteiger charge is 2.18. The van der Waals surface area contributed by atoms with E-state index in [0.717, 1.165) is 36.2 Å². The summed E-state index contributed by atoms with van der Waals surface area (Å²) >= 11 is 11.9. The number of imidazole rings is 1. The lowest BCUT2D eigenvalue weighted by Gasteiger charge is -2.09. The highest BCUT2D eigenvalue weighted by molar-refractivity contribution is 7.91. The van der Waals surface area contributed by atoms with Crippen molar-refractivity contribution in [1.29, 1.82) is 0 Å². The number of pyridine rings is 1. The van der Waals surface area contributed by atoms with Crippen molar-refractivity contribution in [3.63, 3.8) is 0 Å². The lowest BCUT2D eigenvalue weighted by molar-refractivity contribution is 0.568. The normalized spacial score (nSPS) is 13.1. The van der Waals surface area contributed by atoms with Crippen LogP contribution in [0.1, 0.15) is 49.9 Å². The van der Waals surface area contributed by atoms with Crippen LogP contribution in [0.15, 0.2) is 29.3 Å². The molecule has 0 saturated heterocycles. The molecule has 1 atom stereocenters. The van der Waals surface area contributed by atoms with Gasteiger partial charge in [0.05, 0.1) is 21.2 Å². The highest BCUT2D eigenvalue weighted by atomic mass is 35.5. The van der Waals surface area contributed by atoms with Crippen molar-refractivity contribution in [3.05, 3.63) is 45.8 Å². The number of H-pyrrole nitrogens is 1. The summed E-state index contributed by atoms with van der Waals surface area (Å²) in [7, 11) is -3.42. The Balaban J connectivity index is 1.53. The fraction of sp³-hybridized carbons (Fsp3) is 0.400. The van der Waals surface area contributed by atoms with E-state index in [4.69, 9.17) is 28.9 Å². The zero-order valence-corrected chi connectivity index (χ0v) is 18.7. The van der Waals surface area contributed by atoms with Gasteiger partial charge in [0.2, 0.25) is 0 Å². The summed E-state index contributed by atoms with van der Waals surface area (Å²) in [5.41, 5.74) is 8.55. The van der Waals surface area contributed by atoms with Crippen LogP contribution in [0.25, 0.3) is 11.0 Å². The van der Waals surface area contributed by atoms with Gasteiger partial charge in [-0.25, -0.2) is 18.4 Å². The summed E-state index contributed by atoms with van der Waals surface area (Å²) in [6.45, 7) is 4.07. The Bertz CT molecular complexity index is 1090. The third kappa shape index (κ3) is 5.02. The number of nitrogens with two attached hydrogens (primary N) is 1. The minimum atomic E-state index is -3.42. The molecule has 29 heavy (non-hydrogen) atoms. The standard InChI is InChI=1S/C20H24Cl2N4O2S/c1-12(20-25-17-13(2)11-24-19(23)18(17)26-20)6-4-3-5-9-29(27,28)16-8-7-14(21)10-15(16)22/h7-8,10-12H,3-6,9H2,1-2H3,(H2,23,24)(H,25,26). The largest absolute Gasteiger partial charge is 0.382 e. The monoisotopic (exact) mass is 454 g/mol. The molecule has 0 aliphatic carbocycles. The number of aromatic amines is 1.